The number of benzene rings is 1. The number of aliphatic hydroxyl groups excluding tert-OH is 1. The fourth-order valence-corrected chi connectivity index (χ4v) is 1.91. The van der Waals surface area contributed by atoms with Gasteiger partial charge in [-0.2, -0.15) is 0 Å². The Morgan fingerprint density at radius 3 is 2.55 bits per heavy atom. The number of nitrogens with zero attached hydrogens (tertiary/aromatic N) is 1. The lowest BCUT2D eigenvalue weighted by Gasteiger charge is -2.12. The van der Waals surface area contributed by atoms with Gasteiger partial charge < -0.3 is 10.4 Å². The van der Waals surface area contributed by atoms with E-state index in [0.717, 1.165) is 0 Å². The molecule has 0 bridgehead atoms. The maximum absolute atomic E-state index is 11.8. The Labute approximate surface area is 126 Å². The Bertz CT molecular complexity index is 602. The second-order valence-corrected chi connectivity index (χ2v) is 4.95. The minimum Gasteiger partial charge on any atom is -0.387 e. The molecule has 0 spiro atoms. The number of carbonyl (C=O) groups excluding carboxylic acids is 1. The van der Waals surface area contributed by atoms with Gasteiger partial charge in [-0.05, 0) is 29.8 Å². The van der Waals surface area contributed by atoms with Crippen molar-refractivity contribution in [2.24, 2.45) is 0 Å². The van der Waals surface area contributed by atoms with Crippen molar-refractivity contribution in [2.45, 2.75) is 6.10 Å². The molecule has 1 heterocycles. The molecule has 1 aromatic heterocycles. The quantitative estimate of drug-likeness (QED) is 0.854. The summed E-state index contributed by atoms with van der Waals surface area (Å²) < 4.78 is 0. The Morgan fingerprint density at radius 1 is 1.20 bits per heavy atom. The molecule has 104 valence electrons. The van der Waals surface area contributed by atoms with Crippen molar-refractivity contribution in [2.75, 3.05) is 6.54 Å². The van der Waals surface area contributed by atoms with Crippen LogP contribution in [0, 0.1) is 0 Å². The summed E-state index contributed by atoms with van der Waals surface area (Å²) in [6.45, 7) is 0.0780. The van der Waals surface area contributed by atoms with Crippen LogP contribution in [-0.4, -0.2) is 22.5 Å². The third-order valence-corrected chi connectivity index (χ3v) is 3.12. The molecule has 0 aliphatic rings. The van der Waals surface area contributed by atoms with Crippen molar-refractivity contribution in [1.82, 2.24) is 10.3 Å². The number of hydrogen-bond donors (Lipinski definition) is 2. The van der Waals surface area contributed by atoms with Crippen LogP contribution in [0.4, 0.5) is 0 Å². The summed E-state index contributed by atoms with van der Waals surface area (Å²) in [4.78, 5) is 15.7. The highest BCUT2D eigenvalue weighted by Crippen LogP contribution is 2.15. The number of hydrogen-bond acceptors (Lipinski definition) is 3. The standard InChI is InChI=1S/C14H12Cl2N2O2/c15-10-6-4-9(5-7-10)12(19)8-17-14(20)11-2-1-3-13(16)18-11/h1-7,12,19H,8H2,(H,17,20). The largest absolute Gasteiger partial charge is 0.387 e. The lowest BCUT2D eigenvalue weighted by molar-refractivity contribution is 0.0911. The summed E-state index contributed by atoms with van der Waals surface area (Å²) in [7, 11) is 0. The van der Waals surface area contributed by atoms with Crippen LogP contribution in [0.5, 0.6) is 0 Å². The van der Waals surface area contributed by atoms with E-state index < -0.39 is 6.10 Å². The topological polar surface area (TPSA) is 62.2 Å². The van der Waals surface area contributed by atoms with Crippen LogP contribution in [0.15, 0.2) is 42.5 Å². The molecule has 20 heavy (non-hydrogen) atoms. The van der Waals surface area contributed by atoms with E-state index in [0.29, 0.717) is 10.6 Å². The van der Waals surface area contributed by atoms with Gasteiger partial charge >= 0.3 is 0 Å². The molecule has 0 fully saturated rings. The van der Waals surface area contributed by atoms with Crippen molar-refractivity contribution in [3.05, 3.63) is 63.9 Å². The van der Waals surface area contributed by atoms with Gasteiger partial charge in [-0.15, -0.1) is 0 Å². The van der Waals surface area contributed by atoms with Gasteiger partial charge in [-0.3, -0.25) is 4.79 Å². The van der Waals surface area contributed by atoms with Crippen molar-refractivity contribution < 1.29 is 9.90 Å². The number of halogens is 2. The number of carbonyl (C=O) groups is 1. The van der Waals surface area contributed by atoms with Crippen molar-refractivity contribution in [3.63, 3.8) is 0 Å². The predicted molar refractivity (Wildman–Crippen MR) is 78.0 cm³/mol. The Balaban J connectivity index is 1.94. The molecule has 2 aromatic rings. The molecule has 2 N–H and O–H groups in total. The van der Waals surface area contributed by atoms with Crippen LogP contribution >= 0.6 is 23.2 Å². The van der Waals surface area contributed by atoms with Gasteiger partial charge in [0.05, 0.1) is 6.10 Å². The first-order valence-electron chi connectivity index (χ1n) is 5.90. The van der Waals surface area contributed by atoms with Gasteiger partial charge in [-0.1, -0.05) is 41.4 Å². The summed E-state index contributed by atoms with van der Waals surface area (Å²) in [6.07, 6.45) is -0.810. The monoisotopic (exact) mass is 310 g/mol. The summed E-state index contributed by atoms with van der Waals surface area (Å²) in [6, 6.07) is 11.5. The van der Waals surface area contributed by atoms with Crippen LogP contribution in [0.2, 0.25) is 10.2 Å². The van der Waals surface area contributed by atoms with Crippen molar-refractivity contribution >= 4 is 29.1 Å². The van der Waals surface area contributed by atoms with Crippen LogP contribution in [0.3, 0.4) is 0 Å². The van der Waals surface area contributed by atoms with E-state index in [1.165, 1.54) is 0 Å². The van der Waals surface area contributed by atoms with Crippen molar-refractivity contribution in [1.29, 1.82) is 0 Å². The molecule has 1 unspecified atom stereocenters. The molecule has 0 saturated heterocycles. The summed E-state index contributed by atoms with van der Waals surface area (Å²) in [5, 5.41) is 13.4. The molecule has 0 aliphatic heterocycles. The Kier molecular flexibility index (Phi) is 4.95. The van der Waals surface area contributed by atoms with Gasteiger partial charge in [0.1, 0.15) is 10.8 Å². The van der Waals surface area contributed by atoms with Gasteiger partial charge in [0.25, 0.3) is 5.91 Å². The number of amides is 1. The first-order valence-corrected chi connectivity index (χ1v) is 6.66. The average molecular weight is 311 g/mol. The second-order valence-electron chi connectivity index (χ2n) is 4.12. The molecular weight excluding hydrogens is 299 g/mol. The highest BCUT2D eigenvalue weighted by Gasteiger charge is 2.11. The first-order chi connectivity index (χ1) is 9.56. The zero-order valence-electron chi connectivity index (χ0n) is 10.4. The average Bonchev–Trinajstić information content (AvgIpc) is 2.45. The third kappa shape index (κ3) is 3.93. The van der Waals surface area contributed by atoms with Crippen LogP contribution in [0.1, 0.15) is 22.2 Å². The van der Waals surface area contributed by atoms with E-state index in [9.17, 15) is 9.90 Å². The van der Waals surface area contributed by atoms with Gasteiger partial charge in [0.15, 0.2) is 0 Å². The lowest BCUT2D eigenvalue weighted by Crippen LogP contribution is -2.29. The number of rotatable bonds is 4. The zero-order chi connectivity index (χ0) is 14.5. The molecular formula is C14H12Cl2N2O2. The summed E-state index contributed by atoms with van der Waals surface area (Å²) >= 11 is 11.5. The fourth-order valence-electron chi connectivity index (χ4n) is 1.62. The number of aliphatic hydroxyl groups is 1. The fraction of sp³-hybridized carbons (Fsp3) is 0.143. The number of pyridine rings is 1. The van der Waals surface area contributed by atoms with E-state index in [1.807, 2.05) is 0 Å². The van der Waals surface area contributed by atoms with Gasteiger partial charge in [0.2, 0.25) is 0 Å². The van der Waals surface area contributed by atoms with Gasteiger partial charge in [-0.25, -0.2) is 4.98 Å². The molecule has 1 atom stereocenters. The predicted octanol–water partition coefficient (Wildman–Crippen LogP) is 2.85. The maximum Gasteiger partial charge on any atom is 0.270 e. The normalized spacial score (nSPS) is 11.9. The smallest absolute Gasteiger partial charge is 0.270 e. The Morgan fingerprint density at radius 2 is 1.90 bits per heavy atom. The highest BCUT2D eigenvalue weighted by molar-refractivity contribution is 6.30. The molecule has 0 radical (unpaired) electrons. The van der Waals surface area contributed by atoms with E-state index in [4.69, 9.17) is 23.2 Å². The van der Waals surface area contributed by atoms with E-state index >= 15 is 0 Å². The lowest BCUT2D eigenvalue weighted by atomic mass is 10.1. The van der Waals surface area contributed by atoms with Crippen LogP contribution in [0.25, 0.3) is 0 Å². The second kappa shape index (κ2) is 6.70. The van der Waals surface area contributed by atoms with E-state index in [2.05, 4.69) is 10.3 Å². The first kappa shape index (κ1) is 14.8. The molecule has 4 nitrogen and oxygen atoms in total. The number of nitrogens with one attached hydrogen (secondary N) is 1. The minimum atomic E-state index is -0.810. The SMILES string of the molecule is O=C(NCC(O)c1ccc(Cl)cc1)c1cccc(Cl)n1. The molecule has 1 aromatic carbocycles. The summed E-state index contributed by atoms with van der Waals surface area (Å²) in [5.74, 6) is -0.388. The van der Waals surface area contributed by atoms with E-state index in [1.54, 1.807) is 42.5 Å². The van der Waals surface area contributed by atoms with Crippen molar-refractivity contribution in [3.8, 4) is 0 Å². The molecule has 1 amide bonds. The zero-order valence-corrected chi connectivity index (χ0v) is 11.9. The van der Waals surface area contributed by atoms with E-state index in [-0.39, 0.29) is 23.3 Å². The summed E-state index contributed by atoms with van der Waals surface area (Å²) in [5.41, 5.74) is 0.884. The number of aromatic nitrogens is 1. The third-order valence-electron chi connectivity index (χ3n) is 2.66. The molecule has 2 rings (SSSR count). The van der Waals surface area contributed by atoms with Gasteiger partial charge in [0, 0.05) is 11.6 Å². The Hall–Kier alpha value is -1.62. The molecule has 0 saturated carbocycles. The van der Waals surface area contributed by atoms with Crippen LogP contribution < -0.4 is 5.32 Å². The van der Waals surface area contributed by atoms with Crippen LogP contribution in [-0.2, 0) is 0 Å². The molecule has 0 aliphatic carbocycles. The maximum atomic E-state index is 11.8. The molecule has 6 heteroatoms. The minimum absolute atomic E-state index is 0.0780. The highest BCUT2D eigenvalue weighted by atomic mass is 35.5.